The van der Waals surface area contributed by atoms with E-state index in [0.717, 1.165) is 13.0 Å². The van der Waals surface area contributed by atoms with Crippen molar-refractivity contribution in [2.75, 3.05) is 11.4 Å². The Morgan fingerprint density at radius 3 is 2.30 bits per heavy atom. The third kappa shape index (κ3) is 2.45. The van der Waals surface area contributed by atoms with Crippen molar-refractivity contribution in [3.63, 3.8) is 0 Å². The normalized spacial score (nSPS) is 18.1. The number of para-hydroxylation sites is 1. The van der Waals surface area contributed by atoms with Crippen LogP contribution in [-0.4, -0.2) is 12.1 Å². The molecule has 3 rings (SSSR count). The summed E-state index contributed by atoms with van der Waals surface area (Å²) < 4.78 is 0. The molecule has 1 heteroatoms. The van der Waals surface area contributed by atoms with E-state index in [2.05, 4.69) is 80.3 Å². The SMILES string of the molecule is CC(C)(C)N1CC(Cc2ccccc2)c2ccccc21. The molecular weight excluding hydrogens is 242 g/mol. The van der Waals surface area contributed by atoms with Gasteiger partial charge in [0.15, 0.2) is 0 Å². The molecule has 0 spiro atoms. The van der Waals surface area contributed by atoms with Gasteiger partial charge in [-0.25, -0.2) is 0 Å². The standard InChI is InChI=1S/C19H23N/c1-19(2,3)20-14-16(13-15-9-5-4-6-10-15)17-11-7-8-12-18(17)20/h4-12,16H,13-14H2,1-3H3. The molecule has 104 valence electrons. The quantitative estimate of drug-likeness (QED) is 0.765. The topological polar surface area (TPSA) is 3.24 Å². The maximum Gasteiger partial charge on any atom is 0.0406 e. The maximum absolute atomic E-state index is 2.55. The van der Waals surface area contributed by atoms with Crippen LogP contribution in [0.25, 0.3) is 0 Å². The average molecular weight is 265 g/mol. The summed E-state index contributed by atoms with van der Waals surface area (Å²) >= 11 is 0. The van der Waals surface area contributed by atoms with Gasteiger partial charge in [-0.3, -0.25) is 0 Å². The molecule has 0 fully saturated rings. The molecule has 0 aromatic heterocycles. The van der Waals surface area contributed by atoms with E-state index in [-0.39, 0.29) is 5.54 Å². The van der Waals surface area contributed by atoms with Crippen LogP contribution in [0.2, 0.25) is 0 Å². The second-order valence-corrected chi connectivity index (χ2v) is 6.73. The zero-order valence-corrected chi connectivity index (χ0v) is 12.6. The first-order chi connectivity index (χ1) is 9.55. The Labute approximate surface area is 122 Å². The van der Waals surface area contributed by atoms with Crippen LogP contribution in [0.3, 0.4) is 0 Å². The van der Waals surface area contributed by atoms with Gasteiger partial charge in [0.2, 0.25) is 0 Å². The van der Waals surface area contributed by atoms with E-state index in [1.54, 1.807) is 0 Å². The summed E-state index contributed by atoms with van der Waals surface area (Å²) in [6, 6.07) is 19.7. The molecule has 0 N–H and O–H groups in total. The molecule has 1 unspecified atom stereocenters. The van der Waals surface area contributed by atoms with E-state index in [0.29, 0.717) is 5.92 Å². The summed E-state index contributed by atoms with van der Waals surface area (Å²) in [4.78, 5) is 2.55. The number of hydrogen-bond acceptors (Lipinski definition) is 1. The van der Waals surface area contributed by atoms with Crippen LogP contribution < -0.4 is 4.90 Å². The van der Waals surface area contributed by atoms with Gasteiger partial charge in [0.05, 0.1) is 0 Å². The number of rotatable bonds is 2. The van der Waals surface area contributed by atoms with Crippen LogP contribution in [-0.2, 0) is 6.42 Å². The van der Waals surface area contributed by atoms with Gasteiger partial charge in [-0.2, -0.15) is 0 Å². The summed E-state index contributed by atoms with van der Waals surface area (Å²) in [6.45, 7) is 8.02. The zero-order valence-electron chi connectivity index (χ0n) is 12.6. The van der Waals surface area contributed by atoms with Crippen molar-refractivity contribution in [3.8, 4) is 0 Å². The first-order valence-electron chi connectivity index (χ1n) is 7.46. The molecule has 1 aliphatic heterocycles. The van der Waals surface area contributed by atoms with E-state index < -0.39 is 0 Å². The van der Waals surface area contributed by atoms with Crippen molar-refractivity contribution in [1.82, 2.24) is 0 Å². The van der Waals surface area contributed by atoms with Gasteiger partial charge in [-0.15, -0.1) is 0 Å². The van der Waals surface area contributed by atoms with Gasteiger partial charge < -0.3 is 4.90 Å². The lowest BCUT2D eigenvalue weighted by Gasteiger charge is -2.35. The smallest absolute Gasteiger partial charge is 0.0406 e. The Kier molecular flexibility index (Phi) is 3.29. The molecular formula is C19H23N. The van der Waals surface area contributed by atoms with E-state index in [9.17, 15) is 0 Å². The second kappa shape index (κ2) is 4.97. The summed E-state index contributed by atoms with van der Waals surface area (Å²) in [5, 5.41) is 0. The van der Waals surface area contributed by atoms with Gasteiger partial charge in [0.25, 0.3) is 0 Å². The Bertz CT molecular complexity index is 580. The maximum atomic E-state index is 2.55. The minimum absolute atomic E-state index is 0.182. The second-order valence-electron chi connectivity index (χ2n) is 6.73. The lowest BCUT2D eigenvalue weighted by Crippen LogP contribution is -2.40. The van der Waals surface area contributed by atoms with Gasteiger partial charge in [-0.1, -0.05) is 48.5 Å². The third-order valence-corrected chi connectivity index (χ3v) is 4.21. The lowest BCUT2D eigenvalue weighted by molar-refractivity contribution is 0.500. The molecule has 1 aliphatic rings. The number of fused-ring (bicyclic) bond motifs is 1. The van der Waals surface area contributed by atoms with Crippen molar-refractivity contribution in [1.29, 1.82) is 0 Å². The predicted octanol–water partition coefficient (Wildman–Crippen LogP) is 4.63. The summed E-state index contributed by atoms with van der Waals surface area (Å²) in [6.07, 6.45) is 1.13. The highest BCUT2D eigenvalue weighted by Gasteiger charge is 2.34. The minimum atomic E-state index is 0.182. The molecule has 0 saturated heterocycles. The molecule has 2 aromatic carbocycles. The highest BCUT2D eigenvalue weighted by atomic mass is 15.2. The van der Waals surface area contributed by atoms with Crippen molar-refractivity contribution in [3.05, 3.63) is 65.7 Å². The molecule has 2 aromatic rings. The largest absolute Gasteiger partial charge is 0.366 e. The molecule has 0 bridgehead atoms. The van der Waals surface area contributed by atoms with Crippen LogP contribution in [0.4, 0.5) is 5.69 Å². The van der Waals surface area contributed by atoms with Gasteiger partial charge in [0.1, 0.15) is 0 Å². The van der Waals surface area contributed by atoms with E-state index in [4.69, 9.17) is 0 Å². The van der Waals surface area contributed by atoms with Gasteiger partial charge >= 0.3 is 0 Å². The first-order valence-corrected chi connectivity index (χ1v) is 7.46. The van der Waals surface area contributed by atoms with E-state index in [1.807, 2.05) is 0 Å². The Balaban J connectivity index is 1.91. The monoisotopic (exact) mass is 265 g/mol. The predicted molar refractivity (Wildman–Crippen MR) is 86.4 cm³/mol. The van der Waals surface area contributed by atoms with Crippen LogP contribution in [0.1, 0.15) is 37.8 Å². The number of anilines is 1. The molecule has 0 radical (unpaired) electrons. The van der Waals surface area contributed by atoms with Crippen LogP contribution >= 0.6 is 0 Å². The molecule has 1 atom stereocenters. The fraction of sp³-hybridized carbons (Fsp3) is 0.368. The number of hydrogen-bond donors (Lipinski definition) is 0. The van der Waals surface area contributed by atoms with Crippen molar-refractivity contribution < 1.29 is 0 Å². The molecule has 1 nitrogen and oxygen atoms in total. The van der Waals surface area contributed by atoms with Crippen molar-refractivity contribution >= 4 is 5.69 Å². The van der Waals surface area contributed by atoms with Crippen LogP contribution in [0.5, 0.6) is 0 Å². The van der Waals surface area contributed by atoms with Crippen molar-refractivity contribution in [2.45, 2.75) is 38.6 Å². The highest BCUT2D eigenvalue weighted by molar-refractivity contribution is 5.62. The molecule has 0 amide bonds. The van der Waals surface area contributed by atoms with Crippen LogP contribution in [0.15, 0.2) is 54.6 Å². The highest BCUT2D eigenvalue weighted by Crippen LogP contribution is 2.41. The fourth-order valence-corrected chi connectivity index (χ4v) is 3.20. The number of benzene rings is 2. The van der Waals surface area contributed by atoms with E-state index >= 15 is 0 Å². The summed E-state index contributed by atoms with van der Waals surface area (Å²) in [5.41, 5.74) is 4.54. The van der Waals surface area contributed by atoms with Crippen LogP contribution in [0, 0.1) is 0 Å². The third-order valence-electron chi connectivity index (χ3n) is 4.21. The molecule has 0 aliphatic carbocycles. The van der Waals surface area contributed by atoms with Gasteiger partial charge in [-0.05, 0) is 44.4 Å². The van der Waals surface area contributed by atoms with Crippen molar-refractivity contribution in [2.24, 2.45) is 0 Å². The Hall–Kier alpha value is -1.76. The summed E-state index contributed by atoms with van der Waals surface area (Å²) in [5.74, 6) is 0.604. The van der Waals surface area contributed by atoms with Gasteiger partial charge in [0, 0.05) is 23.7 Å². The first kappa shape index (κ1) is 13.2. The Morgan fingerprint density at radius 2 is 1.60 bits per heavy atom. The summed E-state index contributed by atoms with van der Waals surface area (Å²) in [7, 11) is 0. The average Bonchev–Trinajstić information content (AvgIpc) is 2.79. The Morgan fingerprint density at radius 1 is 0.950 bits per heavy atom. The van der Waals surface area contributed by atoms with E-state index in [1.165, 1.54) is 16.8 Å². The molecule has 1 heterocycles. The number of nitrogens with zero attached hydrogens (tertiary/aromatic N) is 1. The minimum Gasteiger partial charge on any atom is -0.366 e. The zero-order chi connectivity index (χ0) is 14.2. The molecule has 0 saturated carbocycles. The fourth-order valence-electron chi connectivity index (χ4n) is 3.20. The molecule has 20 heavy (non-hydrogen) atoms. The lowest BCUT2D eigenvalue weighted by atomic mass is 9.94.